The van der Waals surface area contributed by atoms with E-state index in [2.05, 4.69) is 0 Å². The van der Waals surface area contributed by atoms with Gasteiger partial charge in [-0.25, -0.2) is 52.7 Å². The Balaban J connectivity index is 2.69. The van der Waals surface area contributed by atoms with Gasteiger partial charge in [0.1, 0.15) is 92.9 Å². The van der Waals surface area contributed by atoms with Crippen molar-refractivity contribution in [2.24, 2.45) is 0 Å². The van der Waals surface area contributed by atoms with Crippen molar-refractivity contribution in [3.05, 3.63) is 110 Å². The van der Waals surface area contributed by atoms with E-state index in [0.29, 0.717) is 0 Å². The molecule has 0 aliphatic carbocycles. The minimum absolute atomic E-state index is 1.96. The van der Waals surface area contributed by atoms with Gasteiger partial charge in [0, 0.05) is 0 Å². The van der Waals surface area contributed by atoms with Crippen molar-refractivity contribution >= 4 is 121 Å². The summed E-state index contributed by atoms with van der Waals surface area (Å²) in [7, 11) is 0. The van der Waals surface area contributed by atoms with E-state index in [1.165, 1.54) is 0 Å². The van der Waals surface area contributed by atoms with Gasteiger partial charge >= 0.3 is 0 Å². The second-order valence-electron chi connectivity index (χ2n) is 8.80. The van der Waals surface area contributed by atoms with Crippen LogP contribution >= 0.6 is 92.8 Å². The maximum absolute atomic E-state index is 16.1. The quantitative estimate of drug-likeness (QED) is 0.0834. The van der Waals surface area contributed by atoms with E-state index < -0.39 is 138 Å². The molecule has 0 amide bonds. The molecule has 0 atom stereocenters. The van der Waals surface area contributed by atoms with E-state index in [1.807, 2.05) is 0 Å². The Hall–Kier alpha value is -1.58. The fourth-order valence-corrected chi connectivity index (χ4v) is 6.64. The molecule has 0 fully saturated rings. The van der Waals surface area contributed by atoms with Gasteiger partial charge in [0.05, 0.1) is 0 Å². The predicted octanol–water partition coefficient (Wildman–Crippen LogP) is 9.96. The van der Waals surface area contributed by atoms with Crippen LogP contribution in [0.25, 0.3) is 0 Å². The van der Waals surface area contributed by atoms with Crippen LogP contribution in [0.15, 0.2) is 0 Å². The molecule has 0 saturated carbocycles. The highest BCUT2D eigenvalue weighted by Crippen LogP contribution is 2.38. The molecule has 4 aromatic rings. The average molecular weight is 811 g/mol. The zero-order chi connectivity index (χ0) is 34.4. The van der Waals surface area contributed by atoms with Crippen molar-refractivity contribution in [2.45, 2.75) is 0 Å². The maximum Gasteiger partial charge on any atom is 0.166 e. The van der Waals surface area contributed by atoms with Crippen molar-refractivity contribution in [1.82, 2.24) is 0 Å². The number of hydrogen-bond acceptors (Lipinski definition) is 0. The second-order valence-corrected chi connectivity index (χ2v) is 11.8. The molecule has 0 radical (unpaired) electrons. The predicted molar refractivity (Wildman–Crippen MR) is 150 cm³/mol. The summed E-state index contributed by atoms with van der Waals surface area (Å²) in [6.45, 7) is 0. The van der Waals surface area contributed by atoms with Gasteiger partial charge in [-0.2, -0.15) is 0 Å². The van der Waals surface area contributed by atoms with E-state index in [4.69, 9.17) is 92.8 Å². The summed E-state index contributed by atoms with van der Waals surface area (Å²) in [6, 6.07) is 0. The molecule has 0 aromatic heterocycles. The SMILES string of the molecule is Fc1c(Cl)c(F)c([B-](c2c(F)c(Cl)c(F)c(Cl)c2F)(c2c(F)c(Cl)c(F)c(Cl)c2F)c2c(F)c(Cl)c(F)c(Cl)c2F)c(F)c1Cl. The van der Waals surface area contributed by atoms with Crippen LogP contribution in [0.5, 0.6) is 0 Å². The molecule has 0 saturated heterocycles. The zero-order valence-corrected chi connectivity index (χ0v) is 26.2. The molecule has 0 aliphatic heterocycles. The Morgan fingerprint density at radius 2 is 0.333 bits per heavy atom. The minimum atomic E-state index is -5.97. The molecule has 0 heterocycles. The van der Waals surface area contributed by atoms with Crippen molar-refractivity contribution in [3.63, 3.8) is 0 Å². The van der Waals surface area contributed by atoms with Gasteiger partial charge in [-0.15, -0.1) is 21.9 Å². The Labute approximate surface area is 282 Å². The molecule has 0 N–H and O–H groups in total. The number of rotatable bonds is 4. The highest BCUT2D eigenvalue weighted by molar-refractivity contribution is 7.20. The second kappa shape index (κ2) is 12.5. The van der Waals surface area contributed by atoms with Gasteiger partial charge in [-0.1, -0.05) is 92.8 Å². The number of halogens is 20. The lowest BCUT2D eigenvalue weighted by Crippen LogP contribution is -2.80. The van der Waals surface area contributed by atoms with Gasteiger partial charge < -0.3 is 0 Å². The summed E-state index contributed by atoms with van der Waals surface area (Å²) in [5.41, 5.74) is -9.79. The van der Waals surface area contributed by atoms with E-state index in [0.717, 1.165) is 0 Å². The monoisotopic (exact) mass is 807 g/mol. The molecule has 45 heavy (non-hydrogen) atoms. The molecule has 0 nitrogen and oxygen atoms in total. The first-order valence-corrected chi connectivity index (χ1v) is 14.0. The van der Waals surface area contributed by atoms with Crippen LogP contribution in [0.2, 0.25) is 40.2 Å². The molecule has 0 unspecified atom stereocenters. The third-order valence-corrected chi connectivity index (χ3v) is 9.36. The van der Waals surface area contributed by atoms with Gasteiger partial charge in [0.15, 0.2) is 23.3 Å². The third kappa shape index (κ3) is 4.94. The van der Waals surface area contributed by atoms with E-state index in [-0.39, 0.29) is 0 Å². The van der Waals surface area contributed by atoms with Gasteiger partial charge in [-0.3, -0.25) is 0 Å². The summed E-state index contributed by atoms with van der Waals surface area (Å²) in [4.78, 5) is 0. The molecule has 0 spiro atoms. The number of benzene rings is 4. The molecular formula is C24BCl8F12-. The van der Waals surface area contributed by atoms with Crippen LogP contribution in [-0.2, 0) is 0 Å². The van der Waals surface area contributed by atoms with Crippen molar-refractivity contribution in [1.29, 1.82) is 0 Å². The molecule has 21 heteroatoms. The third-order valence-electron chi connectivity index (χ3n) is 6.71. The lowest BCUT2D eigenvalue weighted by Gasteiger charge is -2.45. The maximum atomic E-state index is 16.1. The van der Waals surface area contributed by atoms with Crippen molar-refractivity contribution < 1.29 is 52.7 Å². The summed E-state index contributed by atoms with van der Waals surface area (Å²) < 4.78 is 187. The van der Waals surface area contributed by atoms with Crippen molar-refractivity contribution in [2.75, 3.05) is 0 Å². The van der Waals surface area contributed by atoms with Gasteiger partial charge in [-0.05, 0) is 0 Å². The van der Waals surface area contributed by atoms with Gasteiger partial charge in [0.25, 0.3) is 0 Å². The van der Waals surface area contributed by atoms with E-state index >= 15 is 35.1 Å². The van der Waals surface area contributed by atoms with Crippen LogP contribution < -0.4 is 21.9 Å². The van der Waals surface area contributed by atoms with Crippen LogP contribution in [0.3, 0.4) is 0 Å². The first kappa shape index (κ1) is 36.3. The molecule has 0 bridgehead atoms. The fraction of sp³-hybridized carbons (Fsp3) is 0. The van der Waals surface area contributed by atoms with Gasteiger partial charge in [0.2, 0.25) is 0 Å². The summed E-state index contributed by atoms with van der Waals surface area (Å²) >= 11 is 44.3. The zero-order valence-electron chi connectivity index (χ0n) is 20.1. The Bertz CT molecular complexity index is 1590. The Morgan fingerprint density at radius 1 is 0.222 bits per heavy atom. The first-order chi connectivity index (χ1) is 20.7. The normalized spacial score (nSPS) is 12.0. The number of hydrogen-bond donors (Lipinski definition) is 0. The first-order valence-electron chi connectivity index (χ1n) is 10.9. The Kier molecular flexibility index (Phi) is 10.0. The largest absolute Gasteiger partial charge is 0.209 e. The molecule has 4 rings (SSSR count). The summed E-state index contributed by atoms with van der Waals surface area (Å²) in [5.74, 6) is -30.0. The minimum Gasteiger partial charge on any atom is -0.209 e. The smallest absolute Gasteiger partial charge is 0.166 e. The lowest BCUT2D eigenvalue weighted by molar-refractivity contribution is 0.545. The summed E-state index contributed by atoms with van der Waals surface area (Å²) in [5, 5.41) is -15.6. The van der Waals surface area contributed by atoms with Crippen LogP contribution in [-0.4, -0.2) is 6.15 Å². The van der Waals surface area contributed by atoms with E-state index in [1.54, 1.807) is 0 Å². The molecule has 240 valence electrons. The van der Waals surface area contributed by atoms with Crippen LogP contribution in [0.4, 0.5) is 52.7 Å². The molecule has 4 aromatic carbocycles. The lowest BCUT2D eigenvalue weighted by atomic mass is 9.12. The van der Waals surface area contributed by atoms with Crippen LogP contribution in [0.1, 0.15) is 0 Å². The highest BCUT2D eigenvalue weighted by Gasteiger charge is 2.51. The fourth-order valence-electron chi connectivity index (χ4n) is 4.87. The van der Waals surface area contributed by atoms with Crippen molar-refractivity contribution in [3.8, 4) is 0 Å². The average Bonchev–Trinajstić information content (AvgIpc) is 3.00. The summed E-state index contributed by atoms with van der Waals surface area (Å²) in [6.07, 6.45) is -5.97. The topological polar surface area (TPSA) is 0 Å². The molecule has 0 aliphatic rings. The Morgan fingerprint density at radius 3 is 0.444 bits per heavy atom. The highest BCUT2D eigenvalue weighted by atomic mass is 35.5. The van der Waals surface area contributed by atoms with Crippen LogP contribution in [0, 0.1) is 69.8 Å². The standard InChI is InChI=1S/C24BCl8F12/c26-5-13(34)1(14(35)6(27)21(5)42)25(2-15(36)7(28)22(43)8(29)16(2)37,3-17(38)9(30)23(44)10(31)18(3)39)4-19(40)11(32)24(45)12(33)20(4)41/q-1. The van der Waals surface area contributed by atoms with E-state index in [9.17, 15) is 17.6 Å². The molecular weight excluding hydrogens is 811 g/mol.